The zero-order valence-corrected chi connectivity index (χ0v) is 17.9. The first-order valence-corrected chi connectivity index (χ1v) is 10.2. The third kappa shape index (κ3) is 6.47. The van der Waals surface area contributed by atoms with Crippen LogP contribution in [-0.2, 0) is 4.79 Å². The molecule has 0 radical (unpaired) electrons. The van der Waals surface area contributed by atoms with E-state index >= 15 is 0 Å². The van der Waals surface area contributed by atoms with E-state index in [0.717, 1.165) is 12.8 Å². The predicted molar refractivity (Wildman–Crippen MR) is 117 cm³/mol. The quantitative estimate of drug-likeness (QED) is 0.573. The summed E-state index contributed by atoms with van der Waals surface area (Å²) in [6, 6.07) is 11.8. The Morgan fingerprint density at radius 3 is 2.42 bits per heavy atom. The lowest BCUT2D eigenvalue weighted by Gasteiger charge is -2.13. The number of carbonyl (C=O) groups is 3. The molecule has 0 spiro atoms. The fraction of sp³-hybridized carbons (Fsp3) is 0.348. The molecule has 3 rings (SSSR count). The van der Waals surface area contributed by atoms with Gasteiger partial charge in [0.05, 0.1) is 7.11 Å². The topological polar surface area (TPSA) is 106 Å². The van der Waals surface area contributed by atoms with Crippen molar-refractivity contribution in [3.63, 3.8) is 0 Å². The largest absolute Gasteiger partial charge is 0.493 e. The van der Waals surface area contributed by atoms with Gasteiger partial charge in [0.1, 0.15) is 0 Å². The number of methoxy groups -OCH3 is 1. The summed E-state index contributed by atoms with van der Waals surface area (Å²) < 4.78 is 10.8. The molecule has 0 saturated heterocycles. The van der Waals surface area contributed by atoms with Gasteiger partial charge in [0.25, 0.3) is 17.7 Å². The Bertz CT molecular complexity index is 969. The summed E-state index contributed by atoms with van der Waals surface area (Å²) in [6.07, 6.45) is 2.01. The molecule has 3 amide bonds. The highest BCUT2D eigenvalue weighted by Gasteiger charge is 2.24. The number of benzene rings is 2. The van der Waals surface area contributed by atoms with Crippen LogP contribution in [0.1, 0.15) is 47.4 Å². The second-order valence-electron chi connectivity index (χ2n) is 7.66. The number of nitrogens with one attached hydrogen (secondary N) is 3. The summed E-state index contributed by atoms with van der Waals surface area (Å²) in [4.78, 5) is 36.7. The first-order chi connectivity index (χ1) is 14.9. The van der Waals surface area contributed by atoms with Gasteiger partial charge in [-0.1, -0.05) is 6.07 Å². The maximum absolute atomic E-state index is 12.7. The van der Waals surface area contributed by atoms with Crippen molar-refractivity contribution in [2.75, 3.05) is 19.0 Å². The summed E-state index contributed by atoms with van der Waals surface area (Å²) in [5.74, 6) is -0.0610. The average molecular weight is 425 g/mol. The number of hydrogen-bond acceptors (Lipinski definition) is 5. The van der Waals surface area contributed by atoms with Crippen LogP contribution < -0.4 is 25.4 Å². The second kappa shape index (κ2) is 9.97. The molecule has 0 unspecified atom stereocenters. The van der Waals surface area contributed by atoms with Gasteiger partial charge in [-0.25, -0.2) is 0 Å². The van der Waals surface area contributed by atoms with E-state index < -0.39 is 0 Å². The number of carbonyl (C=O) groups excluding carboxylic acids is 3. The van der Waals surface area contributed by atoms with Crippen molar-refractivity contribution in [2.24, 2.45) is 0 Å². The SMILES string of the molecule is COc1cc(C(=O)Nc2cccc(C(=O)NC3CC3)c2)ccc1OCC(=O)NC(C)C. The van der Waals surface area contributed by atoms with Crippen LogP contribution in [0, 0.1) is 0 Å². The number of amides is 3. The van der Waals surface area contributed by atoms with Crippen molar-refractivity contribution in [1.29, 1.82) is 0 Å². The standard InChI is InChI=1S/C23H27N3O5/c1-14(2)24-21(27)13-31-19-10-7-16(12-20(19)30-3)23(29)26-18-6-4-5-15(11-18)22(28)25-17-8-9-17/h4-7,10-12,14,17H,8-9,13H2,1-3H3,(H,24,27)(H,25,28)(H,26,29). The van der Waals surface area contributed by atoms with Crippen LogP contribution in [0.2, 0.25) is 0 Å². The van der Waals surface area contributed by atoms with E-state index in [2.05, 4.69) is 16.0 Å². The van der Waals surface area contributed by atoms with Gasteiger partial charge < -0.3 is 25.4 Å². The van der Waals surface area contributed by atoms with Gasteiger partial charge in [-0.15, -0.1) is 0 Å². The zero-order chi connectivity index (χ0) is 22.4. The van der Waals surface area contributed by atoms with Crippen LogP contribution in [0.3, 0.4) is 0 Å². The molecule has 164 valence electrons. The van der Waals surface area contributed by atoms with Crippen LogP contribution in [0.4, 0.5) is 5.69 Å². The molecule has 0 bridgehead atoms. The Morgan fingerprint density at radius 2 is 1.74 bits per heavy atom. The molecule has 1 aliphatic rings. The van der Waals surface area contributed by atoms with Crippen LogP contribution in [0.5, 0.6) is 11.5 Å². The summed E-state index contributed by atoms with van der Waals surface area (Å²) in [5.41, 5.74) is 1.35. The summed E-state index contributed by atoms with van der Waals surface area (Å²) in [6.45, 7) is 3.57. The maximum Gasteiger partial charge on any atom is 0.258 e. The molecule has 0 aliphatic heterocycles. The summed E-state index contributed by atoms with van der Waals surface area (Å²) in [7, 11) is 1.46. The number of ether oxygens (including phenoxy) is 2. The van der Waals surface area contributed by atoms with Gasteiger partial charge in [-0.2, -0.15) is 0 Å². The number of rotatable bonds is 9. The Labute approximate surface area is 181 Å². The van der Waals surface area contributed by atoms with Crippen molar-refractivity contribution in [3.8, 4) is 11.5 Å². The summed E-state index contributed by atoms with van der Waals surface area (Å²) >= 11 is 0. The van der Waals surface area contributed by atoms with Crippen molar-refractivity contribution in [3.05, 3.63) is 53.6 Å². The maximum atomic E-state index is 12.7. The molecule has 0 aromatic heterocycles. The van der Waals surface area contributed by atoms with Gasteiger partial charge in [0.15, 0.2) is 18.1 Å². The monoisotopic (exact) mass is 425 g/mol. The van der Waals surface area contributed by atoms with E-state index in [1.807, 2.05) is 13.8 Å². The molecule has 2 aromatic rings. The molecule has 2 aromatic carbocycles. The highest BCUT2D eigenvalue weighted by atomic mass is 16.5. The van der Waals surface area contributed by atoms with Gasteiger partial charge in [-0.3, -0.25) is 14.4 Å². The third-order valence-corrected chi connectivity index (χ3v) is 4.53. The molecule has 8 nitrogen and oxygen atoms in total. The summed E-state index contributed by atoms with van der Waals surface area (Å²) in [5, 5.41) is 8.45. The van der Waals surface area contributed by atoms with Gasteiger partial charge >= 0.3 is 0 Å². The predicted octanol–water partition coefficient (Wildman–Crippen LogP) is 2.74. The number of anilines is 1. The average Bonchev–Trinajstić information content (AvgIpc) is 3.55. The van der Waals surface area contributed by atoms with E-state index in [-0.39, 0.29) is 36.4 Å². The van der Waals surface area contributed by atoms with Crippen molar-refractivity contribution >= 4 is 23.4 Å². The lowest BCUT2D eigenvalue weighted by atomic mass is 10.1. The lowest BCUT2D eigenvalue weighted by Crippen LogP contribution is -2.34. The molecule has 8 heteroatoms. The highest BCUT2D eigenvalue weighted by Crippen LogP contribution is 2.28. The van der Waals surface area contributed by atoms with E-state index in [1.165, 1.54) is 13.2 Å². The first kappa shape index (κ1) is 22.1. The molecule has 31 heavy (non-hydrogen) atoms. The van der Waals surface area contributed by atoms with Crippen LogP contribution in [0.25, 0.3) is 0 Å². The molecule has 1 aliphatic carbocycles. The van der Waals surface area contributed by atoms with E-state index in [4.69, 9.17) is 9.47 Å². The Morgan fingerprint density at radius 1 is 1.00 bits per heavy atom. The zero-order valence-electron chi connectivity index (χ0n) is 17.9. The van der Waals surface area contributed by atoms with Gasteiger partial charge in [0.2, 0.25) is 0 Å². The molecule has 0 atom stereocenters. The third-order valence-electron chi connectivity index (χ3n) is 4.53. The molecule has 3 N–H and O–H groups in total. The first-order valence-electron chi connectivity index (χ1n) is 10.2. The highest BCUT2D eigenvalue weighted by molar-refractivity contribution is 6.05. The minimum atomic E-state index is -0.359. The van der Waals surface area contributed by atoms with E-state index in [0.29, 0.717) is 28.3 Å². The van der Waals surface area contributed by atoms with Crippen LogP contribution in [0.15, 0.2) is 42.5 Å². The minimum Gasteiger partial charge on any atom is -0.493 e. The smallest absolute Gasteiger partial charge is 0.258 e. The fourth-order valence-electron chi connectivity index (χ4n) is 2.87. The molecular formula is C23H27N3O5. The van der Waals surface area contributed by atoms with E-state index in [9.17, 15) is 14.4 Å². The Kier molecular flexibility index (Phi) is 7.12. The molecule has 1 saturated carbocycles. The van der Waals surface area contributed by atoms with Gasteiger partial charge in [0, 0.05) is 28.9 Å². The van der Waals surface area contributed by atoms with Crippen molar-refractivity contribution < 1.29 is 23.9 Å². The molecule has 1 fully saturated rings. The molecule has 0 heterocycles. The van der Waals surface area contributed by atoms with Crippen molar-refractivity contribution in [2.45, 2.75) is 38.8 Å². The Balaban J connectivity index is 1.65. The van der Waals surface area contributed by atoms with Crippen LogP contribution in [-0.4, -0.2) is 43.5 Å². The normalized spacial score (nSPS) is 12.8. The Hall–Kier alpha value is -3.55. The fourth-order valence-corrected chi connectivity index (χ4v) is 2.87. The molecular weight excluding hydrogens is 398 g/mol. The van der Waals surface area contributed by atoms with Crippen molar-refractivity contribution in [1.82, 2.24) is 10.6 Å². The van der Waals surface area contributed by atoms with Gasteiger partial charge in [-0.05, 0) is 63.1 Å². The van der Waals surface area contributed by atoms with E-state index in [1.54, 1.807) is 36.4 Å². The minimum absolute atomic E-state index is 0.0161. The second-order valence-corrected chi connectivity index (χ2v) is 7.66. The van der Waals surface area contributed by atoms with Crippen LogP contribution >= 0.6 is 0 Å². The lowest BCUT2D eigenvalue weighted by molar-refractivity contribution is -0.123. The number of hydrogen-bond donors (Lipinski definition) is 3.